The van der Waals surface area contributed by atoms with E-state index >= 15 is 9.59 Å². The monoisotopic (exact) mass is 789 g/mol. The van der Waals surface area contributed by atoms with E-state index in [1.165, 1.54) is 4.90 Å². The maximum Gasteiger partial charge on any atom is 0.313 e. The number of aliphatic hydroxyl groups excluding tert-OH is 1. The van der Waals surface area contributed by atoms with E-state index in [-0.39, 0.29) is 29.1 Å². The van der Waals surface area contributed by atoms with Gasteiger partial charge in [-0.2, -0.15) is 0 Å². The number of esters is 1. The lowest BCUT2D eigenvalue weighted by Crippen LogP contribution is -2.59. The Bertz CT molecular complexity index is 1650. The Morgan fingerprint density at radius 1 is 1.04 bits per heavy atom. The zero-order chi connectivity index (χ0) is 37.9. The summed E-state index contributed by atoms with van der Waals surface area (Å²) in [6, 6.07) is 15.9. The summed E-state index contributed by atoms with van der Waals surface area (Å²) in [4.78, 5) is 62.7. The fourth-order valence-corrected chi connectivity index (χ4v) is 10.2. The summed E-state index contributed by atoms with van der Waals surface area (Å²) in [5, 5.41) is 10.9. The van der Waals surface area contributed by atoms with E-state index in [1.54, 1.807) is 24.1 Å². The minimum Gasteiger partial charge on any atom is -0.455 e. The van der Waals surface area contributed by atoms with Crippen LogP contribution in [0.3, 0.4) is 0 Å². The van der Waals surface area contributed by atoms with Gasteiger partial charge in [0.05, 0.1) is 36.6 Å². The van der Waals surface area contributed by atoms with Crippen molar-refractivity contribution in [3.8, 4) is 0 Å². The number of halogens is 1. The van der Waals surface area contributed by atoms with Crippen molar-refractivity contribution in [1.82, 2.24) is 14.7 Å². The van der Waals surface area contributed by atoms with Crippen molar-refractivity contribution in [3.05, 3.63) is 97.1 Å². The number of likely N-dealkylation sites (N-methyl/N-ethyl adjacent to an activating group) is 1. The van der Waals surface area contributed by atoms with Crippen LogP contribution in [0, 0.1) is 11.8 Å². The number of ether oxygens (including phenoxy) is 2. The second kappa shape index (κ2) is 16.7. The molecule has 2 bridgehead atoms. The van der Waals surface area contributed by atoms with Gasteiger partial charge in [-0.15, -0.1) is 13.2 Å². The molecule has 10 nitrogen and oxygen atoms in total. The van der Waals surface area contributed by atoms with Gasteiger partial charge in [0.25, 0.3) is 0 Å². The molecule has 3 amide bonds. The first kappa shape index (κ1) is 38.9. The van der Waals surface area contributed by atoms with Crippen LogP contribution in [0.5, 0.6) is 0 Å². The van der Waals surface area contributed by atoms with Gasteiger partial charge >= 0.3 is 5.97 Å². The first-order chi connectivity index (χ1) is 25.6. The Balaban J connectivity index is 1.40. The molecule has 2 aromatic carbocycles. The lowest BCUT2D eigenvalue weighted by Gasteiger charge is -2.42. The summed E-state index contributed by atoms with van der Waals surface area (Å²) < 4.78 is 13.3. The molecule has 9 atom stereocenters. The predicted molar refractivity (Wildman–Crippen MR) is 205 cm³/mol. The van der Waals surface area contributed by atoms with E-state index in [9.17, 15) is 14.7 Å². The number of carbonyl (C=O) groups is 4. The Morgan fingerprint density at radius 2 is 1.68 bits per heavy atom. The molecule has 3 heterocycles. The number of amides is 3. The Hall–Kier alpha value is -3.80. The van der Waals surface area contributed by atoms with Crippen molar-refractivity contribution in [2.75, 3.05) is 20.2 Å². The molecular formula is C42H52BrN3O7. The third-order valence-corrected chi connectivity index (χ3v) is 12.8. The van der Waals surface area contributed by atoms with Gasteiger partial charge in [-0.1, -0.05) is 108 Å². The van der Waals surface area contributed by atoms with Crippen LogP contribution in [-0.2, 0) is 28.7 Å². The maximum absolute atomic E-state index is 15.2. The van der Waals surface area contributed by atoms with E-state index in [0.29, 0.717) is 30.5 Å². The fraction of sp³-hybridized carbons (Fsp3) is 0.524. The molecule has 0 aromatic heterocycles. The molecule has 2 aromatic rings. The van der Waals surface area contributed by atoms with E-state index in [4.69, 9.17) is 9.47 Å². The van der Waals surface area contributed by atoms with Crippen molar-refractivity contribution in [1.29, 1.82) is 0 Å². The quantitative estimate of drug-likeness (QED) is 0.136. The van der Waals surface area contributed by atoms with E-state index in [2.05, 4.69) is 29.1 Å². The smallest absolute Gasteiger partial charge is 0.313 e. The summed E-state index contributed by atoms with van der Waals surface area (Å²) in [6.07, 6.45) is 7.74. The molecule has 6 rings (SSSR count). The zero-order valence-corrected chi connectivity index (χ0v) is 32.3. The second-order valence-corrected chi connectivity index (χ2v) is 16.1. The highest BCUT2D eigenvalue weighted by atomic mass is 79.9. The molecule has 1 spiro atoms. The number of aliphatic hydroxyl groups is 1. The van der Waals surface area contributed by atoms with Crippen LogP contribution < -0.4 is 0 Å². The van der Waals surface area contributed by atoms with Crippen molar-refractivity contribution < 1.29 is 33.8 Å². The molecule has 284 valence electrons. The van der Waals surface area contributed by atoms with Crippen LogP contribution in [0.25, 0.3) is 0 Å². The van der Waals surface area contributed by atoms with Crippen molar-refractivity contribution in [3.63, 3.8) is 0 Å². The minimum atomic E-state index is -1.35. The zero-order valence-electron chi connectivity index (χ0n) is 30.7. The maximum atomic E-state index is 15.2. The number of rotatable bonds is 15. The van der Waals surface area contributed by atoms with Crippen LogP contribution in [0.4, 0.5) is 0 Å². The first-order valence-electron chi connectivity index (χ1n) is 18.9. The van der Waals surface area contributed by atoms with Crippen molar-refractivity contribution >= 4 is 39.6 Å². The number of fused-ring (bicyclic) bond motifs is 1. The number of hydrogen-bond donors (Lipinski definition) is 1. The highest BCUT2D eigenvalue weighted by molar-refractivity contribution is 9.09. The van der Waals surface area contributed by atoms with Gasteiger partial charge in [0, 0.05) is 30.9 Å². The van der Waals surface area contributed by atoms with E-state index in [0.717, 1.165) is 32.1 Å². The topological polar surface area (TPSA) is 117 Å². The number of nitrogens with zero attached hydrogens (tertiary/aromatic N) is 3. The first-order valence-corrected chi connectivity index (χ1v) is 19.8. The number of alkyl halides is 1. The highest BCUT2D eigenvalue weighted by Crippen LogP contribution is 2.62. The number of hydrogen-bond acceptors (Lipinski definition) is 7. The van der Waals surface area contributed by atoms with Gasteiger partial charge in [0.15, 0.2) is 0 Å². The molecule has 4 fully saturated rings. The van der Waals surface area contributed by atoms with Crippen LogP contribution in [-0.4, -0.2) is 98.4 Å². The van der Waals surface area contributed by atoms with Gasteiger partial charge in [-0.3, -0.25) is 19.2 Å². The average molecular weight is 791 g/mol. The van der Waals surface area contributed by atoms with Gasteiger partial charge in [-0.05, 0) is 43.7 Å². The van der Waals surface area contributed by atoms with E-state index < -0.39 is 66.3 Å². The SMILES string of the molecule is C=CCCC(=O)N(C)[C@H](C)[C@H](OC(=O)[C@@H]1[C@H]2O[C@@]3(CC2Br)[C@H](C(=O)N(CC=C)C2CCCCC2)N([C@H](CO)c2ccccc2)C(=O)[C@@H]13)c1ccccc1. The molecule has 1 unspecified atom stereocenters. The summed E-state index contributed by atoms with van der Waals surface area (Å²) in [5.74, 6) is -3.49. The molecule has 1 N–H and O–H groups in total. The van der Waals surface area contributed by atoms with E-state index in [1.807, 2.05) is 72.5 Å². The summed E-state index contributed by atoms with van der Waals surface area (Å²) >= 11 is 3.79. The van der Waals surface area contributed by atoms with Crippen LogP contribution >= 0.6 is 15.9 Å². The third kappa shape index (κ3) is 7.24. The molecule has 53 heavy (non-hydrogen) atoms. The summed E-state index contributed by atoms with van der Waals surface area (Å²) in [7, 11) is 1.69. The van der Waals surface area contributed by atoms with Crippen LogP contribution in [0.1, 0.15) is 81.6 Å². The number of likely N-dealkylation sites (tertiary alicyclic amines) is 1. The predicted octanol–water partition coefficient (Wildman–Crippen LogP) is 5.91. The Labute approximate surface area is 321 Å². The van der Waals surface area contributed by atoms with Crippen molar-refractivity contribution in [2.24, 2.45) is 11.8 Å². The van der Waals surface area contributed by atoms with Gasteiger partial charge < -0.3 is 29.3 Å². The summed E-state index contributed by atoms with van der Waals surface area (Å²) in [6.45, 7) is 9.40. The molecule has 11 heteroatoms. The number of benzene rings is 2. The average Bonchev–Trinajstić information content (AvgIpc) is 3.78. The minimum absolute atomic E-state index is 0.0237. The highest BCUT2D eigenvalue weighted by Gasteiger charge is 2.78. The molecule has 3 aliphatic heterocycles. The molecule has 1 aliphatic carbocycles. The lowest BCUT2D eigenvalue weighted by atomic mass is 9.70. The van der Waals surface area contributed by atoms with Gasteiger partial charge in [-0.25, -0.2) is 0 Å². The van der Waals surface area contributed by atoms with Crippen LogP contribution in [0.15, 0.2) is 86.0 Å². The normalized spacial score (nSPS) is 28.1. The molecule has 0 radical (unpaired) electrons. The molecular weight excluding hydrogens is 738 g/mol. The largest absolute Gasteiger partial charge is 0.455 e. The number of allylic oxidation sites excluding steroid dienone is 1. The number of carbonyl (C=O) groups excluding carboxylic acids is 4. The molecule has 3 saturated heterocycles. The molecule has 1 saturated carbocycles. The third-order valence-electron chi connectivity index (χ3n) is 11.9. The lowest BCUT2D eigenvalue weighted by molar-refractivity contribution is -0.165. The standard InChI is InChI=1S/C42H52BrN3O7/c1-5-7-23-33(48)44(4)27(3)36(29-19-13-9-14-20-29)52-41(51)34-35-39(49)46(32(26-47)28-17-11-8-12-18-28)38(42(35)25-31(43)37(34)53-42)40(50)45(24-6-2)30-21-15-10-16-22-30/h5-6,8-9,11-14,17-20,27,30-32,34-38,47H,1-2,7,10,15-16,21-26H2,3-4H3/t27-,31?,32-,34+,35-,36+,37+,38+,42-/m1/s1. The van der Waals surface area contributed by atoms with Crippen LogP contribution in [0.2, 0.25) is 0 Å². The van der Waals surface area contributed by atoms with Gasteiger partial charge in [0.2, 0.25) is 17.7 Å². The Kier molecular flexibility index (Phi) is 12.3. The second-order valence-electron chi connectivity index (χ2n) is 14.9. The van der Waals surface area contributed by atoms with Gasteiger partial charge in [0.1, 0.15) is 17.7 Å². The molecule has 4 aliphatic rings. The fourth-order valence-electron chi connectivity index (χ4n) is 9.21. The van der Waals surface area contributed by atoms with Crippen molar-refractivity contribution in [2.45, 2.75) is 105 Å². The Morgan fingerprint density at radius 3 is 2.28 bits per heavy atom. The summed E-state index contributed by atoms with van der Waals surface area (Å²) in [5.41, 5.74) is 0.0325.